The number of carbonyl (C=O) groups excluding carboxylic acids is 1. The van der Waals surface area contributed by atoms with Crippen LogP contribution in [0.15, 0.2) is 35.2 Å². The van der Waals surface area contributed by atoms with Gasteiger partial charge in [-0.05, 0) is 36.1 Å². The normalized spacial score (nSPS) is 17.3. The Morgan fingerprint density at radius 2 is 2.07 bits per heavy atom. The topological polar surface area (TPSA) is 71.7 Å². The summed E-state index contributed by atoms with van der Waals surface area (Å²) in [5, 5.41) is 3.35. The number of carbonyl (C=O) groups is 1. The molecular weight excluding hydrogens is 342 g/mol. The van der Waals surface area contributed by atoms with E-state index in [1.807, 2.05) is 35.9 Å². The van der Waals surface area contributed by atoms with Crippen LogP contribution in [-0.2, 0) is 16.6 Å². The van der Waals surface area contributed by atoms with Crippen molar-refractivity contribution in [1.82, 2.24) is 19.8 Å². The van der Waals surface area contributed by atoms with Crippen molar-refractivity contribution >= 4 is 29.0 Å². The molecule has 2 heterocycles. The van der Waals surface area contributed by atoms with Crippen molar-refractivity contribution in [2.24, 2.45) is 18.0 Å². The van der Waals surface area contributed by atoms with E-state index in [9.17, 15) is 4.79 Å². The highest BCUT2D eigenvalue weighted by Gasteiger charge is 2.28. The molecule has 1 aromatic carbocycles. The van der Waals surface area contributed by atoms with Crippen LogP contribution in [0.3, 0.4) is 0 Å². The zero-order valence-electron chi connectivity index (χ0n) is 16.6. The highest BCUT2D eigenvalue weighted by molar-refractivity contribution is 6.13. The molecule has 0 bridgehead atoms. The smallest absolute Gasteiger partial charge is 0.279 e. The van der Waals surface area contributed by atoms with Crippen molar-refractivity contribution in [1.29, 1.82) is 0 Å². The number of aromatic nitrogens is 2. The molecule has 0 spiro atoms. The molecule has 27 heavy (non-hydrogen) atoms. The van der Waals surface area contributed by atoms with Crippen LogP contribution >= 0.6 is 0 Å². The molecule has 0 saturated heterocycles. The summed E-state index contributed by atoms with van der Waals surface area (Å²) in [5.74, 6) is 0.958. The van der Waals surface area contributed by atoms with Gasteiger partial charge in [0.2, 0.25) is 5.96 Å². The van der Waals surface area contributed by atoms with Crippen LogP contribution in [0.25, 0.3) is 17.1 Å². The Morgan fingerprint density at radius 3 is 2.78 bits per heavy atom. The molecule has 7 heteroatoms. The SMILES string of the molecule is COC[C@@H](CC(C)C)NC1=N/C(=C\c2ccc3ncn(C)c3c2)C(=O)N1C. The second kappa shape index (κ2) is 7.92. The number of aryl methyl sites for hydroxylation is 1. The molecule has 1 amide bonds. The van der Waals surface area contributed by atoms with E-state index in [0.717, 1.165) is 23.0 Å². The number of benzene rings is 1. The number of ether oxygens (including phenoxy) is 1. The Balaban J connectivity index is 1.85. The Bertz CT molecular complexity index is 897. The average molecular weight is 369 g/mol. The number of amides is 1. The Kier molecular flexibility index (Phi) is 5.60. The zero-order valence-corrected chi connectivity index (χ0v) is 16.6. The Hall–Kier alpha value is -2.67. The first-order valence-electron chi connectivity index (χ1n) is 9.14. The highest BCUT2D eigenvalue weighted by atomic mass is 16.5. The zero-order chi connectivity index (χ0) is 19.6. The lowest BCUT2D eigenvalue weighted by Gasteiger charge is -2.23. The van der Waals surface area contributed by atoms with Crippen molar-refractivity contribution in [3.8, 4) is 0 Å². The molecule has 0 unspecified atom stereocenters. The van der Waals surface area contributed by atoms with Gasteiger partial charge < -0.3 is 14.6 Å². The van der Waals surface area contributed by atoms with Gasteiger partial charge in [0, 0.05) is 21.2 Å². The molecule has 3 rings (SSSR count). The fourth-order valence-corrected chi connectivity index (χ4v) is 3.24. The van der Waals surface area contributed by atoms with Gasteiger partial charge >= 0.3 is 0 Å². The van der Waals surface area contributed by atoms with Crippen LogP contribution in [0.2, 0.25) is 0 Å². The molecular formula is C20H27N5O2. The maximum Gasteiger partial charge on any atom is 0.279 e. The molecule has 0 radical (unpaired) electrons. The number of likely N-dealkylation sites (N-methyl/N-ethyl adjacent to an activating group) is 1. The van der Waals surface area contributed by atoms with Crippen LogP contribution in [0, 0.1) is 5.92 Å². The van der Waals surface area contributed by atoms with E-state index < -0.39 is 0 Å². The highest BCUT2D eigenvalue weighted by Crippen LogP contribution is 2.20. The van der Waals surface area contributed by atoms with Gasteiger partial charge in [-0.25, -0.2) is 9.98 Å². The van der Waals surface area contributed by atoms with Gasteiger partial charge in [0.25, 0.3) is 5.91 Å². The number of guanidine groups is 1. The molecule has 144 valence electrons. The van der Waals surface area contributed by atoms with Crippen LogP contribution in [0.1, 0.15) is 25.8 Å². The fourth-order valence-electron chi connectivity index (χ4n) is 3.24. The number of rotatable bonds is 6. The van der Waals surface area contributed by atoms with Crippen LogP contribution in [-0.4, -0.2) is 53.1 Å². The summed E-state index contributed by atoms with van der Waals surface area (Å²) in [6.45, 7) is 4.89. The van der Waals surface area contributed by atoms with Crippen LogP contribution < -0.4 is 5.32 Å². The van der Waals surface area contributed by atoms with E-state index in [-0.39, 0.29) is 11.9 Å². The molecule has 0 saturated carbocycles. The summed E-state index contributed by atoms with van der Waals surface area (Å²) in [5.41, 5.74) is 3.28. The summed E-state index contributed by atoms with van der Waals surface area (Å²) < 4.78 is 7.26. The number of fused-ring (bicyclic) bond motifs is 1. The molecule has 0 fully saturated rings. The first-order valence-corrected chi connectivity index (χ1v) is 9.14. The van der Waals surface area contributed by atoms with E-state index in [1.54, 1.807) is 25.4 Å². The number of hydrogen-bond acceptors (Lipinski definition) is 5. The van der Waals surface area contributed by atoms with E-state index in [4.69, 9.17) is 4.74 Å². The second-order valence-electron chi connectivity index (χ2n) is 7.36. The first-order chi connectivity index (χ1) is 12.9. The molecule has 1 aliphatic heterocycles. The van der Waals surface area contributed by atoms with Crippen molar-refractivity contribution in [2.75, 3.05) is 20.8 Å². The standard InChI is InChI=1S/C20H27N5O2/c1-13(2)8-15(11-27-5)22-20-23-17(19(26)25(20)4)9-14-6-7-16-18(10-14)24(3)12-21-16/h6-7,9-10,12-13,15H,8,11H2,1-5H3,(H,22,23)/b17-9-/t15-/m1/s1. The monoisotopic (exact) mass is 369 g/mol. The number of nitrogens with one attached hydrogen (secondary N) is 1. The number of nitrogens with zero attached hydrogens (tertiary/aromatic N) is 4. The van der Waals surface area contributed by atoms with Gasteiger partial charge in [-0.1, -0.05) is 19.9 Å². The summed E-state index contributed by atoms with van der Waals surface area (Å²) in [4.78, 5) is 23.0. The van der Waals surface area contributed by atoms with Gasteiger partial charge in [0.05, 0.1) is 30.0 Å². The molecule has 7 nitrogen and oxygen atoms in total. The third-order valence-corrected chi connectivity index (χ3v) is 4.58. The van der Waals surface area contributed by atoms with Gasteiger partial charge in [-0.2, -0.15) is 0 Å². The van der Waals surface area contributed by atoms with Crippen molar-refractivity contribution in [3.05, 3.63) is 35.8 Å². The largest absolute Gasteiger partial charge is 0.383 e. The Morgan fingerprint density at radius 1 is 1.30 bits per heavy atom. The predicted molar refractivity (Wildman–Crippen MR) is 107 cm³/mol. The predicted octanol–water partition coefficient (Wildman–Crippen LogP) is 2.39. The van der Waals surface area contributed by atoms with E-state index in [0.29, 0.717) is 24.2 Å². The van der Waals surface area contributed by atoms with Gasteiger partial charge in [0.1, 0.15) is 5.70 Å². The van der Waals surface area contributed by atoms with E-state index >= 15 is 0 Å². The summed E-state index contributed by atoms with van der Waals surface area (Å²) in [6.07, 6.45) is 4.53. The van der Waals surface area contributed by atoms with Gasteiger partial charge in [-0.15, -0.1) is 0 Å². The Labute approximate surface area is 159 Å². The van der Waals surface area contributed by atoms with Crippen LogP contribution in [0.5, 0.6) is 0 Å². The fraction of sp³-hybridized carbons (Fsp3) is 0.450. The number of imidazole rings is 1. The van der Waals surface area contributed by atoms with E-state index in [1.165, 1.54) is 0 Å². The molecule has 1 atom stereocenters. The molecule has 1 N–H and O–H groups in total. The summed E-state index contributed by atoms with van der Waals surface area (Å²) in [6, 6.07) is 6.01. The van der Waals surface area contributed by atoms with Crippen molar-refractivity contribution < 1.29 is 9.53 Å². The van der Waals surface area contributed by atoms with Gasteiger partial charge in [0.15, 0.2) is 0 Å². The van der Waals surface area contributed by atoms with Crippen molar-refractivity contribution in [2.45, 2.75) is 26.3 Å². The lowest BCUT2D eigenvalue weighted by Crippen LogP contribution is -2.45. The number of aliphatic imine (C=N–C) groups is 1. The average Bonchev–Trinajstić information content (AvgIpc) is 3.10. The quantitative estimate of drug-likeness (QED) is 0.794. The third-order valence-electron chi connectivity index (χ3n) is 4.58. The minimum absolute atomic E-state index is 0.106. The maximum absolute atomic E-state index is 12.6. The van der Waals surface area contributed by atoms with Gasteiger partial charge in [-0.3, -0.25) is 9.69 Å². The van der Waals surface area contributed by atoms with E-state index in [2.05, 4.69) is 29.1 Å². The number of hydrogen-bond donors (Lipinski definition) is 1. The number of methoxy groups -OCH3 is 1. The minimum atomic E-state index is -0.122. The molecule has 1 aromatic heterocycles. The molecule has 0 aliphatic carbocycles. The lowest BCUT2D eigenvalue weighted by molar-refractivity contribution is -0.121. The minimum Gasteiger partial charge on any atom is -0.383 e. The second-order valence-corrected chi connectivity index (χ2v) is 7.36. The summed E-state index contributed by atoms with van der Waals surface area (Å²) >= 11 is 0. The van der Waals surface area contributed by atoms with Crippen LogP contribution in [0.4, 0.5) is 0 Å². The molecule has 1 aliphatic rings. The third kappa shape index (κ3) is 4.19. The maximum atomic E-state index is 12.6. The molecule has 2 aromatic rings. The lowest BCUT2D eigenvalue weighted by atomic mass is 10.0. The first kappa shape index (κ1) is 19.1. The van der Waals surface area contributed by atoms with Crippen molar-refractivity contribution in [3.63, 3.8) is 0 Å². The summed E-state index contributed by atoms with van der Waals surface area (Å²) in [7, 11) is 5.37.